The molecule has 2 aromatic heterocycles. The summed E-state index contributed by atoms with van der Waals surface area (Å²) in [5.41, 5.74) is 13.7. The van der Waals surface area contributed by atoms with E-state index in [2.05, 4.69) is 103 Å². The summed E-state index contributed by atoms with van der Waals surface area (Å²) >= 11 is 0. The van der Waals surface area contributed by atoms with Crippen molar-refractivity contribution in [2.24, 2.45) is 0 Å². The second-order valence-corrected chi connectivity index (χ2v) is 14.4. The summed E-state index contributed by atoms with van der Waals surface area (Å²) in [4.78, 5) is 15.2. The maximum atomic E-state index is 9.59. The molecule has 5 heteroatoms. The Kier molecular flexibility index (Phi) is 7.14. The number of hydrogen-bond acceptors (Lipinski definition) is 4. The standard InChI is InChI=1S/C49H33N5/c1-49(2)42-19-11-9-17-38(42)40-28-41-39-18-10-12-20-44(39)54(45(41)29-43(40)49)37-26-35(32-23-21-31(30-50)22-24-32)25-36(27-37)48-52-46(33-13-5-3-6-14-33)51-47(53-48)34-15-7-4-8-16-34/h3-29H,1-2H3. The van der Waals surface area contributed by atoms with Gasteiger partial charge in [0.2, 0.25) is 0 Å². The highest BCUT2D eigenvalue weighted by atomic mass is 15.0. The zero-order valence-corrected chi connectivity index (χ0v) is 29.8. The number of rotatable bonds is 5. The molecule has 10 rings (SSSR count). The number of fused-ring (bicyclic) bond motifs is 6. The fraction of sp³-hybridized carbons (Fsp3) is 0.0612. The molecule has 0 amide bonds. The minimum Gasteiger partial charge on any atom is -0.309 e. The van der Waals surface area contributed by atoms with E-state index in [0.717, 1.165) is 44.5 Å². The van der Waals surface area contributed by atoms with Crippen LogP contribution in [0.3, 0.4) is 0 Å². The predicted molar refractivity (Wildman–Crippen MR) is 218 cm³/mol. The van der Waals surface area contributed by atoms with Gasteiger partial charge in [-0.2, -0.15) is 5.26 Å². The van der Waals surface area contributed by atoms with Crippen molar-refractivity contribution in [2.45, 2.75) is 19.3 Å². The quantitative estimate of drug-likeness (QED) is 0.180. The summed E-state index contributed by atoms with van der Waals surface area (Å²) in [6.45, 7) is 4.66. The van der Waals surface area contributed by atoms with Crippen LogP contribution in [0.2, 0.25) is 0 Å². The van der Waals surface area contributed by atoms with Gasteiger partial charge in [0.15, 0.2) is 17.5 Å². The first-order chi connectivity index (χ1) is 26.5. The molecule has 1 aliphatic carbocycles. The van der Waals surface area contributed by atoms with Crippen LogP contribution < -0.4 is 0 Å². The Labute approximate surface area is 313 Å². The average Bonchev–Trinajstić information content (AvgIpc) is 3.68. The van der Waals surface area contributed by atoms with Crippen molar-refractivity contribution in [3.05, 3.63) is 180 Å². The molecule has 254 valence electrons. The van der Waals surface area contributed by atoms with Gasteiger partial charge in [0.1, 0.15) is 0 Å². The monoisotopic (exact) mass is 691 g/mol. The smallest absolute Gasteiger partial charge is 0.164 e. The fourth-order valence-corrected chi connectivity index (χ4v) is 8.15. The molecule has 0 saturated carbocycles. The van der Waals surface area contributed by atoms with E-state index in [0.29, 0.717) is 23.0 Å². The van der Waals surface area contributed by atoms with Crippen LogP contribution in [0.15, 0.2) is 164 Å². The number of nitriles is 1. The Balaban J connectivity index is 1.26. The lowest BCUT2D eigenvalue weighted by atomic mass is 9.82. The van der Waals surface area contributed by atoms with E-state index in [1.54, 1.807) is 0 Å². The molecule has 0 saturated heterocycles. The normalized spacial score (nSPS) is 12.8. The second kappa shape index (κ2) is 12.2. The van der Waals surface area contributed by atoms with Crippen LogP contribution in [0.4, 0.5) is 0 Å². The van der Waals surface area contributed by atoms with E-state index in [1.165, 1.54) is 33.0 Å². The Morgan fingerprint density at radius 3 is 1.74 bits per heavy atom. The number of nitrogens with zero attached hydrogens (tertiary/aromatic N) is 5. The topological polar surface area (TPSA) is 67.4 Å². The Morgan fingerprint density at radius 2 is 1.06 bits per heavy atom. The van der Waals surface area contributed by atoms with E-state index < -0.39 is 0 Å². The number of benzene rings is 7. The predicted octanol–water partition coefficient (Wildman–Crippen LogP) is 11.8. The first kappa shape index (κ1) is 31.6. The average molecular weight is 692 g/mol. The highest BCUT2D eigenvalue weighted by molar-refractivity contribution is 6.11. The van der Waals surface area contributed by atoms with E-state index in [4.69, 9.17) is 15.0 Å². The van der Waals surface area contributed by atoms with E-state index in [-0.39, 0.29) is 5.41 Å². The highest BCUT2D eigenvalue weighted by Gasteiger charge is 2.36. The van der Waals surface area contributed by atoms with Crippen LogP contribution in [0.1, 0.15) is 30.5 Å². The van der Waals surface area contributed by atoms with Gasteiger partial charge in [-0.3, -0.25) is 0 Å². The molecule has 0 unspecified atom stereocenters. The van der Waals surface area contributed by atoms with Crippen molar-refractivity contribution in [1.29, 1.82) is 5.26 Å². The maximum absolute atomic E-state index is 9.59. The molecular formula is C49H33N5. The van der Waals surface area contributed by atoms with Crippen LogP contribution in [-0.4, -0.2) is 19.5 Å². The van der Waals surface area contributed by atoms with Crippen molar-refractivity contribution >= 4 is 21.8 Å². The van der Waals surface area contributed by atoms with Crippen LogP contribution >= 0.6 is 0 Å². The third-order valence-electron chi connectivity index (χ3n) is 10.9. The molecular weight excluding hydrogens is 659 g/mol. The lowest BCUT2D eigenvalue weighted by molar-refractivity contribution is 0.661. The van der Waals surface area contributed by atoms with Crippen LogP contribution in [0.5, 0.6) is 0 Å². The van der Waals surface area contributed by atoms with Crippen LogP contribution in [0, 0.1) is 11.3 Å². The van der Waals surface area contributed by atoms with E-state index >= 15 is 0 Å². The molecule has 9 aromatic rings. The van der Waals surface area contributed by atoms with E-state index in [9.17, 15) is 5.26 Å². The van der Waals surface area contributed by atoms with Crippen molar-refractivity contribution < 1.29 is 0 Å². The summed E-state index contributed by atoms with van der Waals surface area (Å²) in [6.07, 6.45) is 0. The molecule has 0 aliphatic heterocycles. The molecule has 1 aliphatic rings. The maximum Gasteiger partial charge on any atom is 0.164 e. The van der Waals surface area contributed by atoms with Gasteiger partial charge in [-0.05, 0) is 81.9 Å². The summed E-state index contributed by atoms with van der Waals surface area (Å²) in [6, 6.07) is 59.0. The number of aromatic nitrogens is 4. The lowest BCUT2D eigenvalue weighted by Gasteiger charge is -2.22. The van der Waals surface area contributed by atoms with E-state index in [1.807, 2.05) is 84.9 Å². The largest absolute Gasteiger partial charge is 0.309 e. The minimum absolute atomic E-state index is 0.149. The molecule has 0 spiro atoms. The van der Waals surface area contributed by atoms with Crippen molar-refractivity contribution in [2.75, 3.05) is 0 Å². The molecule has 2 heterocycles. The van der Waals surface area contributed by atoms with Gasteiger partial charge >= 0.3 is 0 Å². The fourth-order valence-electron chi connectivity index (χ4n) is 8.15. The van der Waals surface area contributed by atoms with Crippen molar-refractivity contribution in [1.82, 2.24) is 19.5 Å². The van der Waals surface area contributed by atoms with Crippen molar-refractivity contribution in [3.63, 3.8) is 0 Å². The summed E-state index contributed by atoms with van der Waals surface area (Å²) in [5.74, 6) is 1.80. The molecule has 54 heavy (non-hydrogen) atoms. The highest BCUT2D eigenvalue weighted by Crippen LogP contribution is 2.51. The SMILES string of the molecule is CC1(C)c2ccccc2-c2cc3c4ccccc4n(-c4cc(-c5ccc(C#N)cc5)cc(-c5nc(-c6ccccc6)nc(-c6ccccc6)n5)c4)c3cc21. The Hall–Kier alpha value is -7.16. The first-order valence-corrected chi connectivity index (χ1v) is 18.2. The van der Waals surface area contributed by atoms with Gasteiger partial charge in [0.05, 0.1) is 22.7 Å². The zero-order valence-electron chi connectivity index (χ0n) is 29.8. The summed E-state index contributed by atoms with van der Waals surface area (Å²) < 4.78 is 2.39. The molecule has 0 N–H and O–H groups in total. The Bertz CT molecular complexity index is 2890. The van der Waals surface area contributed by atoms with Crippen molar-refractivity contribution in [3.8, 4) is 68.2 Å². The van der Waals surface area contributed by atoms with Gasteiger partial charge in [0, 0.05) is 38.6 Å². The zero-order chi connectivity index (χ0) is 36.4. The summed E-state index contributed by atoms with van der Waals surface area (Å²) in [5, 5.41) is 12.0. The van der Waals surface area contributed by atoms with Gasteiger partial charge < -0.3 is 4.57 Å². The molecule has 7 aromatic carbocycles. The Morgan fingerprint density at radius 1 is 0.463 bits per heavy atom. The third kappa shape index (κ3) is 5.03. The van der Waals surface area contributed by atoms with Crippen LogP contribution in [-0.2, 0) is 5.41 Å². The van der Waals surface area contributed by atoms with Crippen LogP contribution in [0.25, 0.3) is 83.9 Å². The number of para-hydroxylation sites is 1. The third-order valence-corrected chi connectivity index (χ3v) is 10.9. The molecule has 0 atom stereocenters. The van der Waals surface area contributed by atoms with Gasteiger partial charge in [0.25, 0.3) is 0 Å². The lowest BCUT2D eigenvalue weighted by Crippen LogP contribution is -2.15. The summed E-state index contributed by atoms with van der Waals surface area (Å²) in [7, 11) is 0. The first-order valence-electron chi connectivity index (χ1n) is 18.2. The minimum atomic E-state index is -0.149. The van der Waals surface area contributed by atoms with Gasteiger partial charge in [-0.1, -0.05) is 129 Å². The second-order valence-electron chi connectivity index (χ2n) is 14.4. The molecule has 0 bridgehead atoms. The molecule has 0 fully saturated rings. The van der Waals surface area contributed by atoms with Gasteiger partial charge in [-0.25, -0.2) is 15.0 Å². The van der Waals surface area contributed by atoms with Gasteiger partial charge in [-0.15, -0.1) is 0 Å². The molecule has 0 radical (unpaired) electrons. The molecule has 5 nitrogen and oxygen atoms in total. The number of hydrogen-bond donors (Lipinski definition) is 0.